The van der Waals surface area contributed by atoms with Crippen LogP contribution in [0.5, 0.6) is 0 Å². The van der Waals surface area contributed by atoms with Crippen molar-refractivity contribution in [1.82, 2.24) is 5.32 Å². The first kappa shape index (κ1) is 11.9. The predicted octanol–water partition coefficient (Wildman–Crippen LogP) is 0.428. The summed E-state index contributed by atoms with van der Waals surface area (Å²) in [5.74, 6) is -0.0761. The van der Waals surface area contributed by atoms with Crippen LogP contribution in [0.4, 0.5) is 0 Å². The van der Waals surface area contributed by atoms with Gasteiger partial charge in [0.25, 0.3) is 0 Å². The number of halogens is 1. The van der Waals surface area contributed by atoms with E-state index in [9.17, 15) is 9.90 Å². The molecule has 82 valence electrons. The molecule has 4 nitrogen and oxygen atoms in total. The van der Waals surface area contributed by atoms with Gasteiger partial charge >= 0.3 is 0 Å². The Hall–Kier alpha value is -0.130. The summed E-state index contributed by atoms with van der Waals surface area (Å²) in [7, 11) is 0. The van der Waals surface area contributed by atoms with E-state index in [0.717, 1.165) is 6.42 Å². The van der Waals surface area contributed by atoms with E-state index in [1.165, 1.54) is 0 Å². The van der Waals surface area contributed by atoms with Crippen molar-refractivity contribution in [2.45, 2.75) is 30.2 Å². The van der Waals surface area contributed by atoms with Crippen LogP contribution in [0.2, 0.25) is 0 Å². The van der Waals surface area contributed by atoms with Crippen LogP contribution in [0.3, 0.4) is 0 Å². The lowest BCUT2D eigenvalue weighted by Gasteiger charge is -2.21. The van der Waals surface area contributed by atoms with Gasteiger partial charge in [0.1, 0.15) is 5.60 Å². The molecule has 14 heavy (non-hydrogen) atoms. The molecule has 1 aliphatic heterocycles. The molecule has 1 rings (SSSR count). The van der Waals surface area contributed by atoms with E-state index in [1.807, 2.05) is 6.92 Å². The van der Waals surface area contributed by atoms with Crippen molar-refractivity contribution < 1.29 is 14.6 Å². The monoisotopic (exact) mass is 265 g/mol. The first-order valence-corrected chi connectivity index (χ1v) is 5.71. The Kier molecular flexibility index (Phi) is 4.34. The molecule has 1 heterocycles. The predicted molar refractivity (Wildman–Crippen MR) is 56.4 cm³/mol. The number of carbonyl (C=O) groups excluding carboxylic acids is 1. The molecule has 0 bridgehead atoms. The Morgan fingerprint density at radius 3 is 3.00 bits per heavy atom. The van der Waals surface area contributed by atoms with E-state index in [1.54, 1.807) is 0 Å². The number of rotatable bonds is 4. The summed E-state index contributed by atoms with van der Waals surface area (Å²) >= 11 is 3.24. The molecule has 0 aromatic carbocycles. The van der Waals surface area contributed by atoms with Crippen molar-refractivity contribution >= 4 is 21.8 Å². The number of nitrogens with one attached hydrogen (secondary N) is 1. The third-order valence-electron chi connectivity index (χ3n) is 2.32. The van der Waals surface area contributed by atoms with Crippen molar-refractivity contribution in [2.75, 3.05) is 19.8 Å². The lowest BCUT2D eigenvalue weighted by atomic mass is 10.0. The number of alkyl halides is 1. The van der Waals surface area contributed by atoms with Gasteiger partial charge in [-0.05, 0) is 6.42 Å². The van der Waals surface area contributed by atoms with E-state index in [4.69, 9.17) is 4.74 Å². The Labute approximate surface area is 92.1 Å². The van der Waals surface area contributed by atoms with E-state index < -0.39 is 5.60 Å². The molecule has 1 aliphatic rings. The van der Waals surface area contributed by atoms with Gasteiger partial charge in [0.05, 0.1) is 11.4 Å². The lowest BCUT2D eigenvalue weighted by Crippen LogP contribution is -2.45. The molecule has 1 saturated heterocycles. The van der Waals surface area contributed by atoms with Crippen LogP contribution in [0, 0.1) is 0 Å². The minimum Gasteiger partial charge on any atom is -0.386 e. The number of amides is 1. The van der Waals surface area contributed by atoms with E-state index in [0.29, 0.717) is 19.6 Å². The highest BCUT2D eigenvalue weighted by Crippen LogP contribution is 2.17. The first-order valence-electron chi connectivity index (χ1n) is 4.79. The molecule has 1 amide bonds. The maximum Gasteiger partial charge on any atom is 0.233 e. The molecular weight excluding hydrogens is 250 g/mol. The average molecular weight is 266 g/mol. The van der Waals surface area contributed by atoms with Crippen LogP contribution >= 0.6 is 15.9 Å². The molecule has 0 radical (unpaired) electrons. The maximum absolute atomic E-state index is 11.4. The lowest BCUT2D eigenvalue weighted by molar-refractivity contribution is -0.121. The summed E-state index contributed by atoms with van der Waals surface area (Å²) in [4.78, 5) is 11.2. The second kappa shape index (κ2) is 5.09. The second-order valence-corrected chi connectivity index (χ2v) is 4.73. The average Bonchev–Trinajstić information content (AvgIpc) is 2.61. The minimum atomic E-state index is -0.865. The van der Waals surface area contributed by atoms with E-state index >= 15 is 0 Å². The van der Waals surface area contributed by atoms with Gasteiger partial charge in [-0.2, -0.15) is 0 Å². The third kappa shape index (κ3) is 3.22. The molecular formula is C9H16BrNO3. The SMILES string of the molecule is CCC(Br)C(=O)NCC1(O)CCOC1. The summed E-state index contributed by atoms with van der Waals surface area (Å²) in [5, 5.41) is 12.5. The molecule has 2 N–H and O–H groups in total. The fourth-order valence-electron chi connectivity index (χ4n) is 1.28. The topological polar surface area (TPSA) is 58.6 Å². The molecule has 5 heteroatoms. The summed E-state index contributed by atoms with van der Waals surface area (Å²) in [5.41, 5.74) is -0.865. The molecule has 0 aliphatic carbocycles. The van der Waals surface area contributed by atoms with Crippen LogP contribution in [-0.4, -0.2) is 41.2 Å². The molecule has 0 aromatic heterocycles. The number of aliphatic hydroxyl groups is 1. The van der Waals surface area contributed by atoms with Crippen molar-refractivity contribution in [1.29, 1.82) is 0 Å². The van der Waals surface area contributed by atoms with Gasteiger partial charge in [0.2, 0.25) is 5.91 Å². The standard InChI is InChI=1S/C9H16BrNO3/c1-2-7(10)8(12)11-5-9(13)3-4-14-6-9/h7,13H,2-6H2,1H3,(H,11,12). The summed E-state index contributed by atoms with van der Waals surface area (Å²) < 4.78 is 5.07. The van der Waals surface area contributed by atoms with Gasteiger partial charge in [-0.1, -0.05) is 22.9 Å². The Morgan fingerprint density at radius 1 is 1.79 bits per heavy atom. The number of hydrogen-bond acceptors (Lipinski definition) is 3. The fraction of sp³-hybridized carbons (Fsp3) is 0.889. The second-order valence-electron chi connectivity index (χ2n) is 3.62. The van der Waals surface area contributed by atoms with Crippen LogP contribution in [0.25, 0.3) is 0 Å². The minimum absolute atomic E-state index is 0.0761. The van der Waals surface area contributed by atoms with Gasteiger partial charge in [-0.25, -0.2) is 0 Å². The molecule has 1 fully saturated rings. The van der Waals surface area contributed by atoms with Crippen LogP contribution in [0.1, 0.15) is 19.8 Å². The largest absolute Gasteiger partial charge is 0.386 e. The maximum atomic E-state index is 11.4. The van der Waals surface area contributed by atoms with Gasteiger partial charge < -0.3 is 15.2 Å². The van der Waals surface area contributed by atoms with Gasteiger partial charge in [-0.15, -0.1) is 0 Å². The van der Waals surface area contributed by atoms with Crippen LogP contribution < -0.4 is 5.32 Å². The molecule has 2 unspecified atom stereocenters. The Bertz CT molecular complexity index is 204. The highest BCUT2D eigenvalue weighted by molar-refractivity contribution is 9.10. The van der Waals surface area contributed by atoms with Gasteiger partial charge in [0, 0.05) is 19.6 Å². The third-order valence-corrected chi connectivity index (χ3v) is 3.38. The summed E-state index contributed by atoms with van der Waals surface area (Å²) in [6.45, 7) is 3.07. The van der Waals surface area contributed by atoms with Gasteiger partial charge in [0.15, 0.2) is 0 Å². The fourth-order valence-corrected chi connectivity index (χ4v) is 1.45. The Balaban J connectivity index is 2.29. The smallest absolute Gasteiger partial charge is 0.233 e. The highest BCUT2D eigenvalue weighted by atomic mass is 79.9. The zero-order chi connectivity index (χ0) is 10.6. The highest BCUT2D eigenvalue weighted by Gasteiger charge is 2.32. The zero-order valence-electron chi connectivity index (χ0n) is 8.25. The van der Waals surface area contributed by atoms with Crippen molar-refractivity contribution in [3.8, 4) is 0 Å². The molecule has 0 spiro atoms. The first-order chi connectivity index (χ1) is 6.57. The van der Waals surface area contributed by atoms with E-state index in [2.05, 4.69) is 21.2 Å². The zero-order valence-corrected chi connectivity index (χ0v) is 9.84. The van der Waals surface area contributed by atoms with E-state index in [-0.39, 0.29) is 17.3 Å². The molecule has 0 saturated carbocycles. The number of ether oxygens (including phenoxy) is 1. The van der Waals surface area contributed by atoms with Crippen molar-refractivity contribution in [3.63, 3.8) is 0 Å². The van der Waals surface area contributed by atoms with Crippen LogP contribution in [0.15, 0.2) is 0 Å². The van der Waals surface area contributed by atoms with Crippen molar-refractivity contribution in [2.24, 2.45) is 0 Å². The quantitative estimate of drug-likeness (QED) is 0.725. The summed E-state index contributed by atoms with van der Waals surface area (Å²) in [6, 6.07) is 0. The molecule has 0 aromatic rings. The number of hydrogen-bond donors (Lipinski definition) is 2. The normalized spacial score (nSPS) is 28.8. The van der Waals surface area contributed by atoms with Gasteiger partial charge in [-0.3, -0.25) is 4.79 Å². The van der Waals surface area contributed by atoms with Crippen molar-refractivity contribution in [3.05, 3.63) is 0 Å². The summed E-state index contributed by atoms with van der Waals surface area (Å²) in [6.07, 6.45) is 1.33. The van der Waals surface area contributed by atoms with Crippen LogP contribution in [-0.2, 0) is 9.53 Å². The number of carbonyl (C=O) groups is 1. The molecule has 2 atom stereocenters. The Morgan fingerprint density at radius 2 is 2.50 bits per heavy atom.